The minimum Gasteiger partial charge on any atom is -0.497 e. The number of thiophene rings is 1. The number of methoxy groups -OCH3 is 2. The quantitative estimate of drug-likeness (QED) is 0.253. The van der Waals surface area contributed by atoms with Crippen molar-refractivity contribution >= 4 is 46.1 Å². The molecule has 0 saturated heterocycles. The Balaban J connectivity index is 1.56. The maximum absolute atomic E-state index is 12.8. The van der Waals surface area contributed by atoms with Gasteiger partial charge in [0, 0.05) is 16.5 Å². The van der Waals surface area contributed by atoms with Crippen LogP contribution in [0.15, 0.2) is 54.6 Å². The maximum Gasteiger partial charge on any atom is 0.341 e. The minimum absolute atomic E-state index is 0.0455. The fourth-order valence-corrected chi connectivity index (χ4v) is 4.84. The van der Waals surface area contributed by atoms with Crippen LogP contribution >= 0.6 is 11.3 Å². The largest absolute Gasteiger partial charge is 0.497 e. The van der Waals surface area contributed by atoms with Gasteiger partial charge < -0.3 is 19.5 Å². The van der Waals surface area contributed by atoms with Gasteiger partial charge in [0.1, 0.15) is 16.5 Å². The molecule has 9 nitrogen and oxygen atoms in total. The van der Waals surface area contributed by atoms with Gasteiger partial charge in [0.15, 0.2) is 0 Å². The molecule has 37 heavy (non-hydrogen) atoms. The molecule has 190 valence electrons. The molecule has 0 bridgehead atoms. The summed E-state index contributed by atoms with van der Waals surface area (Å²) in [7, 11) is 3.06. The molecule has 0 spiro atoms. The zero-order valence-electron chi connectivity index (χ0n) is 20.4. The van der Waals surface area contributed by atoms with Crippen molar-refractivity contribution in [1.82, 2.24) is 4.90 Å². The van der Waals surface area contributed by atoms with E-state index in [4.69, 9.17) is 14.2 Å². The Hall–Kier alpha value is -4.44. The second kappa shape index (κ2) is 11.1. The number of rotatable bonds is 9. The highest BCUT2D eigenvalue weighted by Gasteiger charge is 2.35. The minimum atomic E-state index is -0.624. The third kappa shape index (κ3) is 5.39. The van der Waals surface area contributed by atoms with E-state index in [0.717, 1.165) is 16.2 Å². The molecule has 1 N–H and O–H groups in total. The van der Waals surface area contributed by atoms with Gasteiger partial charge in [0.25, 0.3) is 11.8 Å². The van der Waals surface area contributed by atoms with Gasteiger partial charge in [0.05, 0.1) is 44.1 Å². The van der Waals surface area contributed by atoms with Crippen LogP contribution in [-0.4, -0.2) is 49.4 Å². The molecule has 2 heterocycles. The van der Waals surface area contributed by atoms with E-state index in [2.05, 4.69) is 5.32 Å². The summed E-state index contributed by atoms with van der Waals surface area (Å²) in [6, 6.07) is 13.3. The Morgan fingerprint density at radius 2 is 1.70 bits per heavy atom. The number of hydrogen-bond donors (Lipinski definition) is 1. The van der Waals surface area contributed by atoms with Crippen LogP contribution in [0.1, 0.15) is 48.4 Å². The number of carbonyl (C=O) groups excluding carboxylic acids is 4. The fraction of sp³-hybridized carbons (Fsp3) is 0.185. The number of fused-ring (bicyclic) bond motifs is 1. The van der Waals surface area contributed by atoms with Gasteiger partial charge in [-0.3, -0.25) is 19.3 Å². The molecule has 1 aromatic heterocycles. The highest BCUT2D eigenvalue weighted by atomic mass is 32.1. The van der Waals surface area contributed by atoms with Crippen molar-refractivity contribution in [3.8, 4) is 11.5 Å². The first-order valence-corrected chi connectivity index (χ1v) is 12.1. The number of anilines is 1. The molecule has 0 saturated carbocycles. The highest BCUT2D eigenvalue weighted by Crippen LogP contribution is 2.33. The third-order valence-electron chi connectivity index (χ3n) is 5.56. The normalized spacial score (nSPS) is 12.6. The van der Waals surface area contributed by atoms with Crippen LogP contribution in [0.5, 0.6) is 11.5 Å². The van der Waals surface area contributed by atoms with E-state index in [0.29, 0.717) is 33.1 Å². The van der Waals surface area contributed by atoms with E-state index in [1.165, 1.54) is 26.4 Å². The van der Waals surface area contributed by atoms with Gasteiger partial charge in [0.2, 0.25) is 5.91 Å². The van der Waals surface area contributed by atoms with Crippen LogP contribution in [0.2, 0.25) is 0 Å². The van der Waals surface area contributed by atoms with Gasteiger partial charge in [-0.2, -0.15) is 0 Å². The van der Waals surface area contributed by atoms with Crippen molar-refractivity contribution in [3.05, 3.63) is 81.7 Å². The average molecular weight is 521 g/mol. The van der Waals surface area contributed by atoms with E-state index in [1.54, 1.807) is 55.5 Å². The fourth-order valence-electron chi connectivity index (χ4n) is 3.80. The van der Waals surface area contributed by atoms with E-state index in [-0.39, 0.29) is 23.7 Å². The van der Waals surface area contributed by atoms with Gasteiger partial charge >= 0.3 is 5.97 Å². The number of imide groups is 1. The molecule has 10 heteroatoms. The van der Waals surface area contributed by atoms with Crippen LogP contribution in [0, 0.1) is 0 Å². The van der Waals surface area contributed by atoms with Crippen molar-refractivity contribution in [2.24, 2.45) is 0 Å². The van der Waals surface area contributed by atoms with Crippen molar-refractivity contribution < 1.29 is 33.4 Å². The van der Waals surface area contributed by atoms with Crippen molar-refractivity contribution in [1.29, 1.82) is 0 Å². The molecular weight excluding hydrogens is 496 g/mol. The second-order valence-corrected chi connectivity index (χ2v) is 8.99. The lowest BCUT2D eigenvalue weighted by molar-refractivity contribution is -0.111. The predicted octanol–water partition coefficient (Wildman–Crippen LogP) is 4.39. The molecule has 0 radical (unpaired) electrons. The molecule has 0 atom stereocenters. The number of esters is 1. The molecule has 1 aliphatic rings. The van der Waals surface area contributed by atoms with Gasteiger partial charge in [-0.05, 0) is 49.4 Å². The number of nitrogens with one attached hydrogen (secondary N) is 1. The Bertz CT molecular complexity index is 1370. The molecule has 3 amide bonds. The molecule has 0 aliphatic carbocycles. The standard InChI is InChI=1S/C27H24N2O7S/c1-4-36-27(33)21-14-18(15-29-25(31)19-7-5-6-8-20(19)26(29)32)37-24(21)28-23(30)12-9-16-13-17(34-2)10-11-22(16)35-3/h5-14H,4,15H2,1-3H3,(H,28,30)/b12-9+. The van der Waals surface area contributed by atoms with Gasteiger partial charge in [-0.15, -0.1) is 11.3 Å². The summed E-state index contributed by atoms with van der Waals surface area (Å²) < 4.78 is 15.7. The summed E-state index contributed by atoms with van der Waals surface area (Å²) >= 11 is 1.09. The van der Waals surface area contributed by atoms with Gasteiger partial charge in [-0.25, -0.2) is 4.79 Å². The number of hydrogen-bond acceptors (Lipinski definition) is 8. The van der Waals surface area contributed by atoms with Crippen molar-refractivity contribution in [2.75, 3.05) is 26.1 Å². The average Bonchev–Trinajstić information content (AvgIpc) is 3.41. The van der Waals surface area contributed by atoms with Crippen LogP contribution in [0.4, 0.5) is 5.00 Å². The first-order chi connectivity index (χ1) is 17.9. The molecular formula is C27H24N2O7S. The predicted molar refractivity (Wildman–Crippen MR) is 138 cm³/mol. The number of nitrogens with zero attached hydrogens (tertiary/aromatic N) is 1. The van der Waals surface area contributed by atoms with E-state index >= 15 is 0 Å². The van der Waals surface area contributed by atoms with Crippen LogP contribution < -0.4 is 14.8 Å². The third-order valence-corrected chi connectivity index (χ3v) is 6.59. The smallest absolute Gasteiger partial charge is 0.341 e. The van der Waals surface area contributed by atoms with Crippen LogP contribution in [0.25, 0.3) is 6.08 Å². The summed E-state index contributed by atoms with van der Waals surface area (Å²) in [5.74, 6) is -0.788. The summed E-state index contributed by atoms with van der Waals surface area (Å²) in [5, 5.41) is 2.95. The first kappa shape index (κ1) is 25.6. The Morgan fingerprint density at radius 1 is 1.00 bits per heavy atom. The monoisotopic (exact) mass is 520 g/mol. The SMILES string of the molecule is CCOC(=O)c1cc(CN2C(=O)c3ccccc3C2=O)sc1NC(=O)/C=C/c1cc(OC)ccc1OC. The number of benzene rings is 2. The van der Waals surface area contributed by atoms with E-state index in [1.807, 2.05) is 0 Å². The van der Waals surface area contributed by atoms with E-state index in [9.17, 15) is 19.2 Å². The van der Waals surface area contributed by atoms with Crippen molar-refractivity contribution in [3.63, 3.8) is 0 Å². The molecule has 0 unspecified atom stereocenters. The Kier molecular flexibility index (Phi) is 7.69. The topological polar surface area (TPSA) is 111 Å². The molecule has 0 fully saturated rings. The second-order valence-electron chi connectivity index (χ2n) is 7.85. The molecule has 3 aromatic rings. The Labute approximate surface area is 217 Å². The lowest BCUT2D eigenvalue weighted by Crippen LogP contribution is -2.28. The van der Waals surface area contributed by atoms with Crippen LogP contribution in [-0.2, 0) is 16.1 Å². The maximum atomic E-state index is 12.8. The van der Waals surface area contributed by atoms with Crippen LogP contribution in [0.3, 0.4) is 0 Å². The highest BCUT2D eigenvalue weighted by molar-refractivity contribution is 7.16. The zero-order valence-corrected chi connectivity index (χ0v) is 21.2. The zero-order chi connectivity index (χ0) is 26.5. The molecule has 1 aliphatic heterocycles. The summed E-state index contributed by atoms with van der Waals surface area (Å²) in [5.41, 5.74) is 1.43. The Morgan fingerprint density at radius 3 is 2.32 bits per heavy atom. The van der Waals surface area contributed by atoms with Gasteiger partial charge in [-0.1, -0.05) is 12.1 Å². The number of amides is 3. The van der Waals surface area contributed by atoms with Crippen molar-refractivity contribution in [2.45, 2.75) is 13.5 Å². The van der Waals surface area contributed by atoms with E-state index < -0.39 is 23.7 Å². The lowest BCUT2D eigenvalue weighted by atomic mass is 10.1. The number of carbonyl (C=O) groups is 4. The molecule has 4 rings (SSSR count). The number of ether oxygens (including phenoxy) is 3. The summed E-state index contributed by atoms with van der Waals surface area (Å²) in [6.45, 7) is 1.77. The first-order valence-electron chi connectivity index (χ1n) is 11.3. The lowest BCUT2D eigenvalue weighted by Gasteiger charge is -2.12. The molecule has 2 aromatic carbocycles. The summed E-state index contributed by atoms with van der Waals surface area (Å²) in [6.07, 6.45) is 2.86. The summed E-state index contributed by atoms with van der Waals surface area (Å²) in [4.78, 5) is 52.5.